The SMILES string of the molecule is C=C(Cc1ccccc1)N1CC[C@@H](CC[C@@H](F)c2ccnc3ccc(OC)cc23)[C@H](CCC(=O)O)C1. The number of aromatic nitrogens is 1. The van der Waals surface area contributed by atoms with E-state index in [1.807, 2.05) is 36.4 Å². The minimum Gasteiger partial charge on any atom is -0.497 e. The first-order valence-corrected chi connectivity index (χ1v) is 12.7. The number of carboxylic acid groups (broad SMARTS) is 1. The van der Waals surface area contributed by atoms with Crippen LogP contribution in [0.4, 0.5) is 4.39 Å². The van der Waals surface area contributed by atoms with Gasteiger partial charge in [-0.1, -0.05) is 36.9 Å². The minimum absolute atomic E-state index is 0.133. The summed E-state index contributed by atoms with van der Waals surface area (Å²) in [5.74, 6) is 0.380. The number of allylic oxidation sites excluding steroid dienone is 1. The zero-order chi connectivity index (χ0) is 25.5. The third kappa shape index (κ3) is 6.42. The minimum atomic E-state index is -1.12. The molecule has 2 heterocycles. The van der Waals surface area contributed by atoms with Gasteiger partial charge in [0.05, 0.1) is 12.6 Å². The third-order valence-electron chi connectivity index (χ3n) is 7.43. The number of methoxy groups -OCH3 is 1. The number of nitrogens with zero attached hydrogens (tertiary/aromatic N) is 2. The lowest BCUT2D eigenvalue weighted by molar-refractivity contribution is -0.137. The molecule has 1 saturated heterocycles. The maximum atomic E-state index is 15.6. The Balaban J connectivity index is 1.42. The number of benzene rings is 2. The van der Waals surface area contributed by atoms with E-state index in [1.165, 1.54) is 5.56 Å². The molecule has 0 saturated carbocycles. The van der Waals surface area contributed by atoms with Crippen molar-refractivity contribution in [1.29, 1.82) is 0 Å². The Morgan fingerprint density at radius 1 is 1.19 bits per heavy atom. The lowest BCUT2D eigenvalue weighted by atomic mass is 9.78. The van der Waals surface area contributed by atoms with Gasteiger partial charge in [0.25, 0.3) is 0 Å². The van der Waals surface area contributed by atoms with E-state index in [1.54, 1.807) is 19.4 Å². The number of hydrogen-bond acceptors (Lipinski definition) is 4. The Hall–Kier alpha value is -3.41. The summed E-state index contributed by atoms with van der Waals surface area (Å²) in [7, 11) is 1.60. The van der Waals surface area contributed by atoms with Crippen LogP contribution in [0.25, 0.3) is 10.9 Å². The Labute approximate surface area is 212 Å². The molecule has 1 N–H and O–H groups in total. The van der Waals surface area contributed by atoms with Crippen LogP contribution >= 0.6 is 0 Å². The fraction of sp³-hybridized carbons (Fsp3) is 0.400. The molecule has 0 radical (unpaired) electrons. The predicted octanol–water partition coefficient (Wildman–Crippen LogP) is 6.59. The fourth-order valence-electron chi connectivity index (χ4n) is 5.39. The zero-order valence-corrected chi connectivity index (χ0v) is 20.9. The average molecular weight is 491 g/mol. The first-order valence-electron chi connectivity index (χ1n) is 12.7. The Morgan fingerprint density at radius 3 is 2.75 bits per heavy atom. The second-order valence-electron chi connectivity index (χ2n) is 9.74. The van der Waals surface area contributed by atoms with Crippen LogP contribution in [0.5, 0.6) is 5.75 Å². The van der Waals surface area contributed by atoms with Gasteiger partial charge in [0.2, 0.25) is 0 Å². The second-order valence-corrected chi connectivity index (χ2v) is 9.74. The van der Waals surface area contributed by atoms with E-state index in [9.17, 15) is 9.90 Å². The van der Waals surface area contributed by atoms with E-state index >= 15 is 4.39 Å². The third-order valence-corrected chi connectivity index (χ3v) is 7.43. The summed E-state index contributed by atoms with van der Waals surface area (Å²) >= 11 is 0. The number of fused-ring (bicyclic) bond motifs is 1. The average Bonchev–Trinajstić information content (AvgIpc) is 2.90. The molecule has 1 aliphatic heterocycles. The smallest absolute Gasteiger partial charge is 0.303 e. The van der Waals surface area contributed by atoms with E-state index < -0.39 is 12.1 Å². The van der Waals surface area contributed by atoms with Crippen LogP contribution in [0, 0.1) is 11.8 Å². The lowest BCUT2D eigenvalue weighted by Gasteiger charge is -2.41. The lowest BCUT2D eigenvalue weighted by Crippen LogP contribution is -2.40. The van der Waals surface area contributed by atoms with Gasteiger partial charge < -0.3 is 14.7 Å². The molecule has 1 fully saturated rings. The number of likely N-dealkylation sites (tertiary alicyclic amines) is 1. The number of pyridine rings is 1. The number of carboxylic acids is 1. The highest BCUT2D eigenvalue weighted by Gasteiger charge is 2.31. The van der Waals surface area contributed by atoms with Gasteiger partial charge in [-0.15, -0.1) is 0 Å². The topological polar surface area (TPSA) is 62.7 Å². The van der Waals surface area contributed by atoms with Crippen LogP contribution in [-0.4, -0.2) is 41.2 Å². The summed E-state index contributed by atoms with van der Waals surface area (Å²) in [6.07, 6.45) is 4.08. The molecule has 1 aromatic heterocycles. The van der Waals surface area contributed by atoms with Crippen LogP contribution in [0.3, 0.4) is 0 Å². The Kier molecular flexibility index (Phi) is 8.57. The van der Waals surface area contributed by atoms with Crippen LogP contribution in [0.1, 0.15) is 49.4 Å². The molecule has 1 aliphatic rings. The van der Waals surface area contributed by atoms with Crippen molar-refractivity contribution in [3.8, 4) is 5.75 Å². The van der Waals surface area contributed by atoms with E-state index in [-0.39, 0.29) is 18.3 Å². The molecule has 2 aromatic carbocycles. The van der Waals surface area contributed by atoms with Crippen LogP contribution < -0.4 is 4.74 Å². The molecule has 0 amide bonds. The van der Waals surface area contributed by atoms with Gasteiger partial charge in [-0.25, -0.2) is 4.39 Å². The number of piperidine rings is 1. The normalized spacial score (nSPS) is 18.7. The molecule has 4 rings (SSSR count). The van der Waals surface area contributed by atoms with Gasteiger partial charge in [0.1, 0.15) is 11.9 Å². The first-order chi connectivity index (χ1) is 17.4. The number of rotatable bonds is 11. The molecule has 6 heteroatoms. The summed E-state index contributed by atoms with van der Waals surface area (Å²) < 4.78 is 20.9. The molecule has 0 aliphatic carbocycles. The Morgan fingerprint density at radius 2 is 2.00 bits per heavy atom. The number of alkyl halides is 1. The van der Waals surface area contributed by atoms with Crippen molar-refractivity contribution in [2.75, 3.05) is 20.2 Å². The van der Waals surface area contributed by atoms with Gasteiger partial charge in [-0.3, -0.25) is 9.78 Å². The summed E-state index contributed by atoms with van der Waals surface area (Å²) in [6.45, 7) is 5.96. The maximum absolute atomic E-state index is 15.6. The van der Waals surface area contributed by atoms with E-state index in [4.69, 9.17) is 4.74 Å². The van der Waals surface area contributed by atoms with Crippen molar-refractivity contribution in [3.63, 3.8) is 0 Å². The number of hydrogen-bond donors (Lipinski definition) is 1. The highest BCUT2D eigenvalue weighted by molar-refractivity contribution is 5.83. The number of carbonyl (C=O) groups is 1. The van der Waals surface area contributed by atoms with Crippen LogP contribution in [0.15, 0.2) is 73.1 Å². The molecule has 0 unspecified atom stereocenters. The largest absolute Gasteiger partial charge is 0.497 e. The molecular weight excluding hydrogens is 455 g/mol. The molecule has 5 nitrogen and oxygen atoms in total. The highest BCUT2D eigenvalue weighted by atomic mass is 19.1. The fourth-order valence-corrected chi connectivity index (χ4v) is 5.39. The van der Waals surface area contributed by atoms with Gasteiger partial charge in [0.15, 0.2) is 0 Å². The monoisotopic (exact) mass is 490 g/mol. The van der Waals surface area contributed by atoms with E-state index in [2.05, 4.69) is 28.6 Å². The molecule has 36 heavy (non-hydrogen) atoms. The molecule has 0 bridgehead atoms. The van der Waals surface area contributed by atoms with Crippen molar-refractivity contribution in [1.82, 2.24) is 9.88 Å². The van der Waals surface area contributed by atoms with Crippen LogP contribution in [0.2, 0.25) is 0 Å². The van der Waals surface area contributed by atoms with E-state index in [0.717, 1.165) is 49.0 Å². The number of halogens is 1. The van der Waals surface area contributed by atoms with Crippen molar-refractivity contribution in [2.24, 2.45) is 11.8 Å². The molecule has 3 aromatic rings. The van der Waals surface area contributed by atoms with Crippen molar-refractivity contribution in [2.45, 2.75) is 44.7 Å². The van der Waals surface area contributed by atoms with Gasteiger partial charge in [-0.2, -0.15) is 0 Å². The number of aliphatic carboxylic acids is 1. The molecule has 190 valence electrons. The molecular formula is C30H35FN2O3. The van der Waals surface area contributed by atoms with Crippen molar-refractivity contribution >= 4 is 16.9 Å². The van der Waals surface area contributed by atoms with Crippen molar-refractivity contribution in [3.05, 3.63) is 84.2 Å². The molecule has 0 spiro atoms. The van der Waals surface area contributed by atoms with Crippen molar-refractivity contribution < 1.29 is 19.0 Å². The second kappa shape index (κ2) is 12.0. The highest BCUT2D eigenvalue weighted by Crippen LogP contribution is 2.37. The summed E-state index contributed by atoms with van der Waals surface area (Å²) in [4.78, 5) is 18.0. The van der Waals surface area contributed by atoms with Gasteiger partial charge >= 0.3 is 5.97 Å². The summed E-state index contributed by atoms with van der Waals surface area (Å²) in [5, 5.41) is 10.1. The standard InChI is InChI=1S/C30H35FN2O3/c1-21(18-22-6-4-3-5-7-22)33-17-15-23(24(20-33)9-13-30(34)35)8-11-28(31)26-14-16-32-29-12-10-25(36-2)19-27(26)29/h3-7,10,12,14,16,19,23-24,28H,1,8-9,11,13,15,17-18,20H2,2H3,(H,34,35)/t23-,24-,28-/m1/s1. The summed E-state index contributed by atoms with van der Waals surface area (Å²) in [6, 6.07) is 17.5. The van der Waals surface area contributed by atoms with Gasteiger partial charge in [0, 0.05) is 43.2 Å². The maximum Gasteiger partial charge on any atom is 0.303 e. The predicted molar refractivity (Wildman–Crippen MR) is 141 cm³/mol. The van der Waals surface area contributed by atoms with Gasteiger partial charge in [-0.05, 0) is 72.9 Å². The van der Waals surface area contributed by atoms with E-state index in [0.29, 0.717) is 24.2 Å². The number of ether oxygens (including phenoxy) is 1. The zero-order valence-electron chi connectivity index (χ0n) is 20.9. The molecule has 3 atom stereocenters. The Bertz CT molecular complexity index is 1180. The summed E-state index contributed by atoms with van der Waals surface area (Å²) in [5.41, 5.74) is 3.66. The van der Waals surface area contributed by atoms with Crippen LogP contribution in [-0.2, 0) is 11.2 Å². The first kappa shape index (κ1) is 25.7. The quantitative estimate of drug-likeness (QED) is 0.328.